The molecule has 0 saturated carbocycles. The van der Waals surface area contributed by atoms with Crippen LogP contribution in [-0.4, -0.2) is 16.3 Å². The molecule has 4 nitrogen and oxygen atoms in total. The molecule has 5 heteroatoms. The van der Waals surface area contributed by atoms with E-state index in [0.29, 0.717) is 24.3 Å². The standard InChI is InChI=1S/C11H10N2O2S/c1-8-2-3-10(9(6-14)13-8)15-7-11-12-4-5-16-11/h2-6H,7H2,1H3. The number of aryl methyl sites for hydroxylation is 1. The first-order valence-electron chi connectivity index (χ1n) is 4.73. The van der Waals surface area contributed by atoms with Crippen LogP contribution in [0.2, 0.25) is 0 Å². The van der Waals surface area contributed by atoms with Gasteiger partial charge in [0.1, 0.15) is 23.1 Å². The fourth-order valence-electron chi connectivity index (χ4n) is 1.23. The number of thiazole rings is 1. The Balaban J connectivity index is 2.12. The lowest BCUT2D eigenvalue weighted by molar-refractivity contribution is 0.111. The van der Waals surface area contributed by atoms with E-state index in [4.69, 9.17) is 4.74 Å². The summed E-state index contributed by atoms with van der Waals surface area (Å²) in [6.07, 6.45) is 2.42. The zero-order valence-corrected chi connectivity index (χ0v) is 9.53. The highest BCUT2D eigenvalue weighted by atomic mass is 32.1. The van der Waals surface area contributed by atoms with Gasteiger partial charge in [-0.15, -0.1) is 11.3 Å². The summed E-state index contributed by atoms with van der Waals surface area (Å²) >= 11 is 1.51. The molecular weight excluding hydrogens is 224 g/mol. The molecule has 2 heterocycles. The zero-order chi connectivity index (χ0) is 11.4. The Hall–Kier alpha value is -1.75. The van der Waals surface area contributed by atoms with Crippen molar-refractivity contribution >= 4 is 17.6 Å². The van der Waals surface area contributed by atoms with Crippen LogP contribution >= 0.6 is 11.3 Å². The van der Waals surface area contributed by atoms with Crippen LogP contribution in [0, 0.1) is 6.92 Å². The van der Waals surface area contributed by atoms with Gasteiger partial charge < -0.3 is 4.74 Å². The van der Waals surface area contributed by atoms with Crippen LogP contribution in [0.5, 0.6) is 5.75 Å². The lowest BCUT2D eigenvalue weighted by atomic mass is 10.3. The summed E-state index contributed by atoms with van der Waals surface area (Å²) in [6.45, 7) is 2.20. The number of hydrogen-bond acceptors (Lipinski definition) is 5. The Morgan fingerprint density at radius 2 is 2.38 bits per heavy atom. The van der Waals surface area contributed by atoms with Crippen LogP contribution < -0.4 is 4.74 Å². The van der Waals surface area contributed by atoms with Gasteiger partial charge in [0, 0.05) is 17.3 Å². The maximum Gasteiger partial charge on any atom is 0.172 e. The van der Waals surface area contributed by atoms with E-state index < -0.39 is 0 Å². The van der Waals surface area contributed by atoms with Gasteiger partial charge in [0.25, 0.3) is 0 Å². The van der Waals surface area contributed by atoms with Crippen molar-refractivity contribution in [2.45, 2.75) is 13.5 Å². The number of hydrogen-bond donors (Lipinski definition) is 0. The number of rotatable bonds is 4. The fraction of sp³-hybridized carbons (Fsp3) is 0.182. The first-order chi connectivity index (χ1) is 7.79. The Morgan fingerprint density at radius 3 is 3.06 bits per heavy atom. The summed E-state index contributed by atoms with van der Waals surface area (Å²) in [7, 11) is 0. The van der Waals surface area contributed by atoms with E-state index in [1.165, 1.54) is 11.3 Å². The van der Waals surface area contributed by atoms with E-state index in [0.717, 1.165) is 10.7 Å². The highest BCUT2D eigenvalue weighted by Gasteiger charge is 2.05. The Labute approximate surface area is 96.9 Å². The molecule has 2 aromatic rings. The Bertz CT molecular complexity index is 483. The van der Waals surface area contributed by atoms with E-state index in [-0.39, 0.29) is 0 Å². The largest absolute Gasteiger partial charge is 0.484 e. The molecule has 0 aliphatic heterocycles. The quantitative estimate of drug-likeness (QED) is 0.761. The average Bonchev–Trinajstić information content (AvgIpc) is 2.80. The molecule has 2 aromatic heterocycles. The molecule has 82 valence electrons. The zero-order valence-electron chi connectivity index (χ0n) is 8.71. The minimum atomic E-state index is 0.330. The van der Waals surface area contributed by atoms with Crippen molar-refractivity contribution in [2.24, 2.45) is 0 Å². The lowest BCUT2D eigenvalue weighted by Crippen LogP contribution is -2.00. The van der Waals surface area contributed by atoms with Gasteiger partial charge in [0.15, 0.2) is 6.29 Å². The molecule has 0 aliphatic rings. The van der Waals surface area contributed by atoms with Gasteiger partial charge in [-0.1, -0.05) is 0 Å². The highest BCUT2D eigenvalue weighted by Crippen LogP contribution is 2.17. The van der Waals surface area contributed by atoms with Crippen LogP contribution in [0.3, 0.4) is 0 Å². The van der Waals surface area contributed by atoms with Crippen molar-refractivity contribution in [1.29, 1.82) is 0 Å². The summed E-state index contributed by atoms with van der Waals surface area (Å²) < 4.78 is 5.48. The molecule has 0 aromatic carbocycles. The molecule has 0 radical (unpaired) electrons. The van der Waals surface area contributed by atoms with E-state index >= 15 is 0 Å². The molecule has 0 unspecified atom stereocenters. The highest BCUT2D eigenvalue weighted by molar-refractivity contribution is 7.09. The molecule has 0 fully saturated rings. The summed E-state index contributed by atoms with van der Waals surface area (Å²) in [4.78, 5) is 19.0. The molecule has 0 amide bonds. The Morgan fingerprint density at radius 1 is 1.50 bits per heavy atom. The number of pyridine rings is 1. The summed E-state index contributed by atoms with van der Waals surface area (Å²) in [5, 5.41) is 2.75. The number of carbonyl (C=O) groups is 1. The summed E-state index contributed by atoms with van der Waals surface area (Å²) in [6, 6.07) is 3.56. The first kappa shape index (κ1) is 10.8. The number of carbonyl (C=O) groups excluding carboxylic acids is 1. The molecule has 0 saturated heterocycles. The van der Waals surface area contributed by atoms with Crippen LogP contribution in [0.15, 0.2) is 23.7 Å². The van der Waals surface area contributed by atoms with E-state index in [9.17, 15) is 4.79 Å². The van der Waals surface area contributed by atoms with Crippen molar-refractivity contribution < 1.29 is 9.53 Å². The van der Waals surface area contributed by atoms with Crippen molar-refractivity contribution in [3.05, 3.63) is 40.1 Å². The maximum atomic E-state index is 10.8. The third-order valence-electron chi connectivity index (χ3n) is 1.97. The SMILES string of the molecule is Cc1ccc(OCc2nccs2)c(C=O)n1. The molecule has 0 bridgehead atoms. The molecular formula is C11H10N2O2S. The predicted octanol–water partition coefficient (Wildman–Crippen LogP) is 2.24. The van der Waals surface area contributed by atoms with Gasteiger partial charge in [-0.3, -0.25) is 4.79 Å². The summed E-state index contributed by atoms with van der Waals surface area (Å²) in [5.74, 6) is 0.496. The summed E-state index contributed by atoms with van der Waals surface area (Å²) in [5.41, 5.74) is 1.13. The van der Waals surface area contributed by atoms with Gasteiger partial charge in [-0.25, -0.2) is 9.97 Å². The van der Waals surface area contributed by atoms with Gasteiger partial charge in [0.05, 0.1) is 0 Å². The smallest absolute Gasteiger partial charge is 0.172 e. The van der Waals surface area contributed by atoms with Gasteiger partial charge >= 0.3 is 0 Å². The number of nitrogens with zero attached hydrogens (tertiary/aromatic N) is 2. The first-order valence-corrected chi connectivity index (χ1v) is 5.61. The molecule has 0 spiro atoms. The Kier molecular flexibility index (Phi) is 3.26. The van der Waals surface area contributed by atoms with Crippen LogP contribution in [-0.2, 0) is 6.61 Å². The normalized spacial score (nSPS) is 10.1. The van der Waals surface area contributed by atoms with E-state index in [1.807, 2.05) is 18.4 Å². The molecule has 16 heavy (non-hydrogen) atoms. The fourth-order valence-corrected chi connectivity index (χ4v) is 1.76. The third kappa shape index (κ3) is 2.43. The van der Waals surface area contributed by atoms with Gasteiger partial charge in [-0.2, -0.15) is 0 Å². The predicted molar refractivity (Wildman–Crippen MR) is 60.8 cm³/mol. The van der Waals surface area contributed by atoms with Crippen LogP contribution in [0.4, 0.5) is 0 Å². The topological polar surface area (TPSA) is 52.1 Å². The molecule has 2 rings (SSSR count). The lowest BCUT2D eigenvalue weighted by Gasteiger charge is -2.06. The van der Waals surface area contributed by atoms with E-state index in [2.05, 4.69) is 9.97 Å². The average molecular weight is 234 g/mol. The number of aromatic nitrogens is 2. The second kappa shape index (κ2) is 4.85. The van der Waals surface area contributed by atoms with Crippen molar-refractivity contribution in [3.8, 4) is 5.75 Å². The van der Waals surface area contributed by atoms with Crippen molar-refractivity contribution in [1.82, 2.24) is 9.97 Å². The van der Waals surface area contributed by atoms with Gasteiger partial charge in [-0.05, 0) is 19.1 Å². The van der Waals surface area contributed by atoms with E-state index in [1.54, 1.807) is 12.3 Å². The van der Waals surface area contributed by atoms with Crippen molar-refractivity contribution in [2.75, 3.05) is 0 Å². The molecule has 0 aliphatic carbocycles. The van der Waals surface area contributed by atoms with Crippen LogP contribution in [0.25, 0.3) is 0 Å². The van der Waals surface area contributed by atoms with Crippen molar-refractivity contribution in [3.63, 3.8) is 0 Å². The second-order valence-corrected chi connectivity index (χ2v) is 4.15. The third-order valence-corrected chi connectivity index (χ3v) is 2.72. The second-order valence-electron chi connectivity index (χ2n) is 3.17. The van der Waals surface area contributed by atoms with Crippen LogP contribution in [0.1, 0.15) is 21.2 Å². The molecule has 0 atom stereocenters. The van der Waals surface area contributed by atoms with Gasteiger partial charge in [0.2, 0.25) is 0 Å². The minimum Gasteiger partial charge on any atom is -0.484 e. The molecule has 0 N–H and O–H groups in total. The number of aldehydes is 1. The maximum absolute atomic E-state index is 10.8. The minimum absolute atomic E-state index is 0.330. The monoisotopic (exact) mass is 234 g/mol. The number of ether oxygens (including phenoxy) is 1.